The predicted octanol–water partition coefficient (Wildman–Crippen LogP) is 4.05. The van der Waals surface area contributed by atoms with E-state index in [0.717, 1.165) is 5.56 Å². The summed E-state index contributed by atoms with van der Waals surface area (Å²) in [5.74, 6) is 0.988. The predicted molar refractivity (Wildman–Crippen MR) is 120 cm³/mol. The second-order valence-corrected chi connectivity index (χ2v) is 8.03. The van der Waals surface area contributed by atoms with Crippen LogP contribution in [0.2, 0.25) is 0 Å². The molecule has 0 aliphatic carbocycles. The molecule has 1 unspecified atom stereocenters. The molecule has 1 N–H and O–H groups in total. The van der Waals surface area contributed by atoms with Gasteiger partial charge < -0.3 is 15.0 Å². The minimum atomic E-state index is -1.13. The average Bonchev–Trinajstić information content (AvgIpc) is 3.35. The zero-order chi connectivity index (χ0) is 21.7. The number of para-hydroxylation sites is 1. The van der Waals surface area contributed by atoms with Crippen LogP contribution in [0.5, 0.6) is 5.75 Å². The number of hydrogen-bond donors (Lipinski definition) is 1. The maximum atomic E-state index is 13.8. The Kier molecular flexibility index (Phi) is 4.05. The van der Waals surface area contributed by atoms with Crippen LogP contribution < -0.4 is 10.1 Å². The van der Waals surface area contributed by atoms with Crippen molar-refractivity contribution >= 4 is 11.6 Å². The Morgan fingerprint density at radius 1 is 0.906 bits per heavy atom. The van der Waals surface area contributed by atoms with E-state index in [-0.39, 0.29) is 11.6 Å². The lowest BCUT2D eigenvalue weighted by atomic mass is 9.80. The highest BCUT2D eigenvalue weighted by atomic mass is 16.5. The monoisotopic (exact) mass is 420 g/mol. The van der Waals surface area contributed by atoms with Gasteiger partial charge in [0.1, 0.15) is 11.6 Å². The maximum Gasteiger partial charge on any atom is 0.240 e. The van der Waals surface area contributed by atoms with Gasteiger partial charge in [-0.05, 0) is 18.2 Å². The van der Waals surface area contributed by atoms with Gasteiger partial charge in [0.2, 0.25) is 5.72 Å². The molecule has 1 fully saturated rings. The van der Waals surface area contributed by atoms with Crippen LogP contribution in [-0.2, 0) is 5.72 Å². The van der Waals surface area contributed by atoms with Crippen molar-refractivity contribution in [1.29, 1.82) is 0 Å². The maximum absolute atomic E-state index is 13.8. The first-order chi connectivity index (χ1) is 15.7. The van der Waals surface area contributed by atoms with Gasteiger partial charge in [0.05, 0.1) is 16.7 Å². The summed E-state index contributed by atoms with van der Waals surface area (Å²) in [7, 11) is 0. The van der Waals surface area contributed by atoms with Gasteiger partial charge in [-0.3, -0.25) is 9.59 Å². The fourth-order valence-electron chi connectivity index (χ4n) is 4.83. The van der Waals surface area contributed by atoms with Gasteiger partial charge >= 0.3 is 0 Å². The molecule has 0 bridgehead atoms. The molecule has 0 amide bonds. The zero-order valence-corrected chi connectivity index (χ0v) is 17.2. The minimum Gasteiger partial charge on any atom is -0.458 e. The van der Waals surface area contributed by atoms with Gasteiger partial charge in [0.15, 0.2) is 11.6 Å². The third-order valence-electron chi connectivity index (χ3n) is 6.27. The number of ether oxygens (including phenoxy) is 1. The summed E-state index contributed by atoms with van der Waals surface area (Å²) in [5.41, 5.74) is 1.73. The summed E-state index contributed by atoms with van der Waals surface area (Å²) < 4.78 is 6.68. The van der Waals surface area contributed by atoms with Gasteiger partial charge in [-0.25, -0.2) is 0 Å². The van der Waals surface area contributed by atoms with E-state index in [4.69, 9.17) is 4.74 Å². The van der Waals surface area contributed by atoms with Gasteiger partial charge in [0, 0.05) is 24.2 Å². The van der Waals surface area contributed by atoms with E-state index in [1.165, 1.54) is 0 Å². The molecule has 0 saturated carbocycles. The lowest BCUT2D eigenvalue weighted by Gasteiger charge is -2.48. The van der Waals surface area contributed by atoms with Gasteiger partial charge in [0.25, 0.3) is 0 Å². The molecule has 5 heteroatoms. The summed E-state index contributed by atoms with van der Waals surface area (Å²) in [6.45, 7) is 1.25. The molecule has 6 rings (SSSR count). The van der Waals surface area contributed by atoms with Crippen molar-refractivity contribution in [2.75, 3.05) is 13.1 Å². The molecular weight excluding hydrogens is 400 g/mol. The molecule has 3 aromatic carbocycles. The van der Waals surface area contributed by atoms with Crippen LogP contribution in [0.3, 0.4) is 0 Å². The normalized spacial score (nSPS) is 21.1. The third kappa shape index (κ3) is 2.51. The molecule has 3 aliphatic heterocycles. The lowest BCUT2D eigenvalue weighted by molar-refractivity contribution is -0.0371. The van der Waals surface area contributed by atoms with Crippen LogP contribution in [-0.4, -0.2) is 29.6 Å². The number of nitrogens with one attached hydrogen (secondary N) is 1. The second-order valence-electron chi connectivity index (χ2n) is 8.03. The molecule has 3 heterocycles. The number of benzene rings is 3. The molecule has 0 aromatic heterocycles. The number of rotatable bonds is 3. The number of Topliss-reactive ketones (excluding diaryl/α,β-unsaturated/α-hetero) is 2. The largest absolute Gasteiger partial charge is 0.458 e. The van der Waals surface area contributed by atoms with Gasteiger partial charge in [-0.1, -0.05) is 72.8 Å². The van der Waals surface area contributed by atoms with Crippen LogP contribution in [0.4, 0.5) is 0 Å². The average molecular weight is 420 g/mol. The molecule has 1 atom stereocenters. The van der Waals surface area contributed by atoms with E-state index < -0.39 is 5.72 Å². The van der Waals surface area contributed by atoms with Crippen LogP contribution in [0, 0.1) is 0 Å². The number of carbonyl (C=O) groups is 2. The van der Waals surface area contributed by atoms with E-state index in [1.807, 2.05) is 71.6 Å². The molecule has 3 aromatic rings. The standard InChI is InChI=1S/C27H20N2O3/c30-24(18-9-3-1-4-10-18)21-17-22-25(31)20-13-7-8-14-23(20)32-27(22,19-11-5-2-6-12-19)29-16-15-28-26(21)29/h1-14,17,28H,15-16H2. The molecular formula is C27H20N2O3. The SMILES string of the molecule is O=C(C1=C2NCCN2C2(c3ccccc3)Oc3ccccc3C(=O)C2=C1)c1ccccc1. The number of carbonyl (C=O) groups excluding carboxylic acids is 2. The van der Waals surface area contributed by atoms with Gasteiger partial charge in [-0.2, -0.15) is 0 Å². The van der Waals surface area contributed by atoms with E-state index in [1.54, 1.807) is 24.3 Å². The molecule has 1 saturated heterocycles. The fourth-order valence-corrected chi connectivity index (χ4v) is 4.83. The molecule has 0 spiro atoms. The highest BCUT2D eigenvalue weighted by Crippen LogP contribution is 2.50. The summed E-state index contributed by atoms with van der Waals surface area (Å²) in [6, 6.07) is 26.2. The number of ketones is 2. The first kappa shape index (κ1) is 18.6. The topological polar surface area (TPSA) is 58.6 Å². The number of hydrogen-bond acceptors (Lipinski definition) is 5. The van der Waals surface area contributed by atoms with Crippen molar-refractivity contribution in [3.8, 4) is 5.75 Å². The minimum absolute atomic E-state index is 0.124. The van der Waals surface area contributed by atoms with Crippen molar-refractivity contribution in [3.63, 3.8) is 0 Å². The second kappa shape index (κ2) is 6.95. The Hall–Kier alpha value is -4.12. The summed E-state index contributed by atoms with van der Waals surface area (Å²) >= 11 is 0. The Bertz CT molecular complexity index is 1310. The molecule has 156 valence electrons. The third-order valence-corrected chi connectivity index (χ3v) is 6.27. The lowest BCUT2D eigenvalue weighted by Crippen LogP contribution is -2.56. The molecule has 3 aliphatic rings. The Balaban J connectivity index is 1.61. The fraction of sp³-hybridized carbons (Fsp3) is 0.111. The van der Waals surface area contributed by atoms with Crippen LogP contribution in [0.1, 0.15) is 26.3 Å². The van der Waals surface area contributed by atoms with E-state index in [2.05, 4.69) is 5.32 Å². The molecule has 5 nitrogen and oxygen atoms in total. The van der Waals surface area contributed by atoms with Crippen LogP contribution in [0.15, 0.2) is 108 Å². The summed E-state index contributed by atoms with van der Waals surface area (Å²) in [5, 5.41) is 3.37. The Morgan fingerprint density at radius 3 is 2.38 bits per heavy atom. The van der Waals surface area contributed by atoms with Crippen LogP contribution >= 0.6 is 0 Å². The van der Waals surface area contributed by atoms with E-state index in [9.17, 15) is 9.59 Å². The van der Waals surface area contributed by atoms with E-state index in [0.29, 0.717) is 46.9 Å². The number of nitrogens with zero attached hydrogens (tertiary/aromatic N) is 1. The highest BCUT2D eigenvalue weighted by molar-refractivity contribution is 6.17. The van der Waals surface area contributed by atoms with Crippen molar-refractivity contribution in [2.45, 2.75) is 5.72 Å². The van der Waals surface area contributed by atoms with Gasteiger partial charge in [-0.15, -0.1) is 0 Å². The summed E-state index contributed by atoms with van der Waals surface area (Å²) in [6.07, 6.45) is 1.73. The van der Waals surface area contributed by atoms with Crippen molar-refractivity contribution in [2.24, 2.45) is 0 Å². The van der Waals surface area contributed by atoms with Crippen molar-refractivity contribution < 1.29 is 14.3 Å². The molecule has 0 radical (unpaired) electrons. The quantitative estimate of drug-likeness (QED) is 0.648. The number of fused-ring (bicyclic) bond motifs is 4. The van der Waals surface area contributed by atoms with Crippen molar-refractivity contribution in [3.05, 3.63) is 125 Å². The first-order valence-corrected chi connectivity index (χ1v) is 10.7. The zero-order valence-electron chi connectivity index (χ0n) is 17.2. The molecule has 32 heavy (non-hydrogen) atoms. The first-order valence-electron chi connectivity index (χ1n) is 10.7. The Morgan fingerprint density at radius 2 is 1.59 bits per heavy atom. The number of allylic oxidation sites excluding steroid dienone is 2. The van der Waals surface area contributed by atoms with Crippen LogP contribution in [0.25, 0.3) is 0 Å². The smallest absolute Gasteiger partial charge is 0.240 e. The highest BCUT2D eigenvalue weighted by Gasteiger charge is 2.55. The van der Waals surface area contributed by atoms with Crippen molar-refractivity contribution in [1.82, 2.24) is 10.2 Å². The summed E-state index contributed by atoms with van der Waals surface area (Å²) in [4.78, 5) is 29.3. The van der Waals surface area contributed by atoms with E-state index >= 15 is 0 Å². The Labute approximate surface area is 185 Å².